The molecule has 0 spiro atoms. The van der Waals surface area contributed by atoms with Gasteiger partial charge in [-0.05, 0) is 30.5 Å². The molecule has 4 amide bonds. The zero-order chi connectivity index (χ0) is 21.5. The van der Waals surface area contributed by atoms with E-state index >= 15 is 0 Å². The number of likely N-dealkylation sites (tertiary alicyclic amines) is 1. The summed E-state index contributed by atoms with van der Waals surface area (Å²) in [5.74, 6) is 0.296. The second kappa shape index (κ2) is 7.69. The summed E-state index contributed by atoms with van der Waals surface area (Å²) in [6.45, 7) is -1.05. The van der Waals surface area contributed by atoms with Gasteiger partial charge in [-0.25, -0.2) is 4.79 Å². The van der Waals surface area contributed by atoms with Crippen LogP contribution < -0.4 is 9.47 Å². The number of alkyl halides is 3. The Hall–Kier alpha value is -2.98. The molecule has 0 atom stereocenters. The highest BCUT2D eigenvalue weighted by molar-refractivity contribution is 6.02. The van der Waals surface area contributed by atoms with Crippen molar-refractivity contribution in [1.82, 2.24) is 14.7 Å². The fourth-order valence-electron chi connectivity index (χ4n) is 3.95. The van der Waals surface area contributed by atoms with Crippen molar-refractivity contribution in [1.29, 1.82) is 0 Å². The van der Waals surface area contributed by atoms with Crippen LogP contribution in [-0.2, 0) is 16.0 Å². The molecule has 4 rings (SSSR count). The smallest absolute Gasteiger partial charge is 0.406 e. The van der Waals surface area contributed by atoms with Crippen LogP contribution in [-0.4, -0.2) is 77.7 Å². The number of carbonyl (C=O) groups is 3. The molecule has 3 aliphatic heterocycles. The van der Waals surface area contributed by atoms with Crippen molar-refractivity contribution in [3.63, 3.8) is 0 Å². The Morgan fingerprint density at radius 1 is 1.10 bits per heavy atom. The highest BCUT2D eigenvalue weighted by Crippen LogP contribution is 2.33. The number of imide groups is 1. The Labute approximate surface area is 170 Å². The van der Waals surface area contributed by atoms with E-state index in [1.54, 1.807) is 23.1 Å². The third-order valence-electron chi connectivity index (χ3n) is 5.47. The van der Waals surface area contributed by atoms with Crippen LogP contribution in [0.25, 0.3) is 0 Å². The summed E-state index contributed by atoms with van der Waals surface area (Å²) in [6.07, 6.45) is -3.63. The van der Waals surface area contributed by atoms with Gasteiger partial charge < -0.3 is 19.3 Å². The number of rotatable bonds is 4. The third kappa shape index (κ3) is 4.14. The topological polar surface area (TPSA) is 79.4 Å². The number of piperidine rings is 1. The number of halogens is 3. The summed E-state index contributed by atoms with van der Waals surface area (Å²) in [4.78, 5) is 39.8. The minimum absolute atomic E-state index is 0.0881. The highest BCUT2D eigenvalue weighted by atomic mass is 19.4. The van der Waals surface area contributed by atoms with E-state index in [-0.39, 0.29) is 36.6 Å². The second-order valence-electron chi connectivity index (χ2n) is 7.48. The van der Waals surface area contributed by atoms with Gasteiger partial charge >= 0.3 is 12.2 Å². The van der Waals surface area contributed by atoms with Crippen LogP contribution in [0.15, 0.2) is 18.2 Å². The molecule has 0 radical (unpaired) electrons. The maximum Gasteiger partial charge on any atom is 0.406 e. The van der Waals surface area contributed by atoms with Gasteiger partial charge in [0.25, 0.3) is 5.91 Å². The Balaban J connectivity index is 1.31. The highest BCUT2D eigenvalue weighted by Gasteiger charge is 2.45. The van der Waals surface area contributed by atoms with Gasteiger partial charge in [-0.3, -0.25) is 14.5 Å². The van der Waals surface area contributed by atoms with Crippen molar-refractivity contribution >= 4 is 17.8 Å². The van der Waals surface area contributed by atoms with Gasteiger partial charge in [0.1, 0.15) is 13.1 Å². The molecule has 0 N–H and O–H groups in total. The fraction of sp³-hybridized carbons (Fsp3) is 0.526. The summed E-state index contributed by atoms with van der Waals surface area (Å²) in [6, 6.07) is 4.02. The zero-order valence-corrected chi connectivity index (χ0v) is 16.0. The normalized spacial score (nSPS) is 19.8. The molecule has 30 heavy (non-hydrogen) atoms. The van der Waals surface area contributed by atoms with E-state index in [2.05, 4.69) is 0 Å². The van der Waals surface area contributed by atoms with Crippen molar-refractivity contribution in [2.24, 2.45) is 0 Å². The Morgan fingerprint density at radius 2 is 1.80 bits per heavy atom. The van der Waals surface area contributed by atoms with E-state index in [0.717, 1.165) is 5.56 Å². The SMILES string of the molecule is O=C(Cc1ccc2c(c1)OCO2)N1CCC(N2CC(=O)N(CC(F)(F)F)C2=O)CC1. The van der Waals surface area contributed by atoms with Crippen LogP contribution in [0, 0.1) is 0 Å². The summed E-state index contributed by atoms with van der Waals surface area (Å²) in [5.41, 5.74) is 0.787. The Morgan fingerprint density at radius 3 is 2.50 bits per heavy atom. The van der Waals surface area contributed by atoms with Gasteiger partial charge in [-0.15, -0.1) is 0 Å². The monoisotopic (exact) mass is 427 g/mol. The standard InChI is InChI=1S/C19H20F3N3O5/c20-19(21,22)10-25-17(27)9-24(18(25)28)13-3-5-23(6-4-13)16(26)8-12-1-2-14-15(7-12)30-11-29-14/h1-2,7,13H,3-6,8-11H2. The first kappa shape index (κ1) is 20.3. The summed E-state index contributed by atoms with van der Waals surface area (Å²) in [5, 5.41) is 0. The molecule has 1 aromatic carbocycles. The molecule has 2 fully saturated rings. The average molecular weight is 427 g/mol. The largest absolute Gasteiger partial charge is 0.454 e. The van der Waals surface area contributed by atoms with Crippen LogP contribution in [0.3, 0.4) is 0 Å². The molecular weight excluding hydrogens is 407 g/mol. The lowest BCUT2D eigenvalue weighted by atomic mass is 10.0. The number of nitrogens with zero attached hydrogens (tertiary/aromatic N) is 3. The predicted molar refractivity (Wildman–Crippen MR) is 95.7 cm³/mol. The van der Waals surface area contributed by atoms with Gasteiger partial charge in [0.2, 0.25) is 12.7 Å². The van der Waals surface area contributed by atoms with Crippen LogP contribution >= 0.6 is 0 Å². The van der Waals surface area contributed by atoms with Crippen molar-refractivity contribution in [2.45, 2.75) is 31.5 Å². The van der Waals surface area contributed by atoms with Crippen molar-refractivity contribution in [3.05, 3.63) is 23.8 Å². The summed E-state index contributed by atoms with van der Waals surface area (Å²) in [7, 11) is 0. The lowest BCUT2D eigenvalue weighted by Crippen LogP contribution is -2.48. The van der Waals surface area contributed by atoms with Gasteiger partial charge in [0, 0.05) is 19.1 Å². The van der Waals surface area contributed by atoms with E-state index in [9.17, 15) is 27.6 Å². The maximum atomic E-state index is 12.6. The predicted octanol–water partition coefficient (Wildman–Crippen LogP) is 1.78. The van der Waals surface area contributed by atoms with E-state index in [0.29, 0.717) is 37.4 Å². The van der Waals surface area contributed by atoms with Gasteiger partial charge in [-0.1, -0.05) is 6.07 Å². The Kier molecular flexibility index (Phi) is 5.20. The molecule has 3 heterocycles. The van der Waals surface area contributed by atoms with E-state index in [1.165, 1.54) is 4.90 Å². The van der Waals surface area contributed by atoms with E-state index in [1.807, 2.05) is 0 Å². The first-order valence-corrected chi connectivity index (χ1v) is 9.55. The number of carbonyl (C=O) groups excluding carboxylic acids is 3. The molecule has 1 aromatic rings. The third-order valence-corrected chi connectivity index (χ3v) is 5.47. The molecule has 11 heteroatoms. The summed E-state index contributed by atoms with van der Waals surface area (Å²) >= 11 is 0. The molecule has 0 aliphatic carbocycles. The number of amides is 4. The van der Waals surface area contributed by atoms with Crippen molar-refractivity contribution < 1.29 is 37.0 Å². The second-order valence-corrected chi connectivity index (χ2v) is 7.48. The number of benzene rings is 1. The van der Waals surface area contributed by atoms with Gasteiger partial charge in [-0.2, -0.15) is 13.2 Å². The van der Waals surface area contributed by atoms with Crippen LogP contribution in [0.1, 0.15) is 18.4 Å². The van der Waals surface area contributed by atoms with Gasteiger partial charge in [0.15, 0.2) is 11.5 Å². The molecule has 0 aromatic heterocycles. The fourth-order valence-corrected chi connectivity index (χ4v) is 3.95. The molecule has 162 valence electrons. The molecule has 0 saturated carbocycles. The average Bonchev–Trinajstić information content (AvgIpc) is 3.26. The molecule has 0 unspecified atom stereocenters. The first-order valence-electron chi connectivity index (χ1n) is 9.55. The van der Waals surface area contributed by atoms with Crippen LogP contribution in [0.4, 0.5) is 18.0 Å². The molecular formula is C19H20F3N3O5. The molecule has 3 aliphatic rings. The zero-order valence-electron chi connectivity index (χ0n) is 16.0. The Bertz CT molecular complexity index is 867. The lowest BCUT2D eigenvalue weighted by Gasteiger charge is -2.36. The number of urea groups is 1. The minimum atomic E-state index is -4.63. The number of hydrogen-bond acceptors (Lipinski definition) is 5. The van der Waals surface area contributed by atoms with Gasteiger partial charge in [0.05, 0.1) is 6.42 Å². The van der Waals surface area contributed by atoms with E-state index < -0.39 is 24.7 Å². The first-order chi connectivity index (χ1) is 14.2. The van der Waals surface area contributed by atoms with Crippen LogP contribution in [0.2, 0.25) is 0 Å². The van der Waals surface area contributed by atoms with E-state index in [4.69, 9.17) is 9.47 Å². The quantitative estimate of drug-likeness (QED) is 0.685. The van der Waals surface area contributed by atoms with Crippen LogP contribution in [0.5, 0.6) is 11.5 Å². The molecule has 8 nitrogen and oxygen atoms in total. The lowest BCUT2D eigenvalue weighted by molar-refractivity contribution is -0.151. The summed E-state index contributed by atoms with van der Waals surface area (Å²) < 4.78 is 48.3. The number of fused-ring (bicyclic) bond motifs is 1. The minimum Gasteiger partial charge on any atom is -0.454 e. The number of hydrogen-bond donors (Lipinski definition) is 0. The molecule has 2 saturated heterocycles. The van der Waals surface area contributed by atoms with Crippen molar-refractivity contribution in [3.8, 4) is 11.5 Å². The molecule has 0 bridgehead atoms. The maximum absolute atomic E-state index is 12.6. The number of ether oxygens (including phenoxy) is 2. The van der Waals surface area contributed by atoms with Crippen molar-refractivity contribution in [2.75, 3.05) is 33.0 Å².